The summed E-state index contributed by atoms with van der Waals surface area (Å²) in [4.78, 5) is 4.62. The molecule has 0 radical (unpaired) electrons. The Bertz CT molecular complexity index is 614. The number of hydrogen-bond acceptors (Lipinski definition) is 3. The number of aromatic nitrogens is 1. The molecule has 0 saturated heterocycles. The molecule has 0 spiro atoms. The highest BCUT2D eigenvalue weighted by Crippen LogP contribution is 2.37. The minimum atomic E-state index is 0.121. The molecule has 1 aromatic heterocycles. The second-order valence-corrected chi connectivity index (χ2v) is 5.57. The van der Waals surface area contributed by atoms with Crippen LogP contribution in [0, 0.1) is 0 Å². The van der Waals surface area contributed by atoms with Crippen molar-refractivity contribution in [2.24, 2.45) is 0 Å². The molecule has 1 aromatic carbocycles. The predicted octanol–water partition coefficient (Wildman–Crippen LogP) is 4.44. The molecule has 1 aliphatic rings. The fraction of sp³-hybridized carbons (Fsp3) is 0.500. The number of nitrogens with zero attached hydrogens (tertiary/aromatic N) is 1. The number of pyridine rings is 1. The van der Waals surface area contributed by atoms with Crippen molar-refractivity contribution >= 4 is 10.9 Å². The van der Waals surface area contributed by atoms with Crippen molar-refractivity contribution < 1.29 is 9.47 Å². The predicted molar refractivity (Wildman–Crippen MR) is 84.8 cm³/mol. The van der Waals surface area contributed by atoms with Crippen molar-refractivity contribution in [3.63, 3.8) is 0 Å². The van der Waals surface area contributed by atoms with Crippen molar-refractivity contribution in [3.05, 3.63) is 35.5 Å². The molecule has 0 bridgehead atoms. The lowest BCUT2D eigenvalue weighted by Crippen LogP contribution is -2.11. The molecule has 0 N–H and O–H groups in total. The van der Waals surface area contributed by atoms with Crippen LogP contribution in [0.4, 0.5) is 0 Å². The maximum Gasteiger partial charge on any atom is 0.129 e. The van der Waals surface area contributed by atoms with Gasteiger partial charge in [0, 0.05) is 30.2 Å². The van der Waals surface area contributed by atoms with Crippen molar-refractivity contribution in [2.45, 2.75) is 45.6 Å². The van der Waals surface area contributed by atoms with Crippen LogP contribution in [-0.4, -0.2) is 18.2 Å². The molecular weight excluding hydrogens is 262 g/mol. The van der Waals surface area contributed by atoms with E-state index in [0.717, 1.165) is 50.2 Å². The third kappa shape index (κ3) is 2.75. The zero-order valence-electron chi connectivity index (χ0n) is 12.9. The second kappa shape index (κ2) is 6.44. The van der Waals surface area contributed by atoms with E-state index in [1.165, 1.54) is 16.5 Å². The summed E-state index contributed by atoms with van der Waals surface area (Å²) in [5.74, 6) is 0.964. The molecule has 3 rings (SSSR count). The molecule has 1 atom stereocenters. The number of hydrogen-bond donors (Lipinski definition) is 0. The van der Waals surface area contributed by atoms with Gasteiger partial charge in [-0.3, -0.25) is 4.98 Å². The summed E-state index contributed by atoms with van der Waals surface area (Å²) < 4.78 is 11.9. The number of rotatable bonds is 6. The van der Waals surface area contributed by atoms with Crippen LogP contribution in [0.1, 0.15) is 50.3 Å². The van der Waals surface area contributed by atoms with E-state index in [-0.39, 0.29) is 6.10 Å². The minimum absolute atomic E-state index is 0.121. The Labute approximate surface area is 126 Å². The Morgan fingerprint density at radius 3 is 3.00 bits per heavy atom. The summed E-state index contributed by atoms with van der Waals surface area (Å²) >= 11 is 0. The monoisotopic (exact) mass is 285 g/mol. The lowest BCUT2D eigenvalue weighted by atomic mass is 9.97. The van der Waals surface area contributed by atoms with E-state index in [1.807, 2.05) is 6.20 Å². The largest absolute Gasteiger partial charge is 0.493 e. The topological polar surface area (TPSA) is 31.4 Å². The van der Waals surface area contributed by atoms with E-state index < -0.39 is 0 Å². The first kappa shape index (κ1) is 14.3. The summed E-state index contributed by atoms with van der Waals surface area (Å²) in [6, 6.07) is 6.31. The molecule has 2 heterocycles. The first-order valence-electron chi connectivity index (χ1n) is 8.00. The van der Waals surface area contributed by atoms with Gasteiger partial charge in [0.1, 0.15) is 5.75 Å². The molecule has 21 heavy (non-hydrogen) atoms. The molecular formula is C18H23NO2. The molecule has 0 aliphatic carbocycles. The molecule has 3 nitrogen and oxygen atoms in total. The molecule has 112 valence electrons. The quantitative estimate of drug-likeness (QED) is 0.735. The molecule has 0 fully saturated rings. The first-order chi connectivity index (χ1) is 10.3. The van der Waals surface area contributed by atoms with E-state index in [1.54, 1.807) is 0 Å². The van der Waals surface area contributed by atoms with Gasteiger partial charge in [-0.2, -0.15) is 0 Å². The second-order valence-electron chi connectivity index (χ2n) is 5.57. The van der Waals surface area contributed by atoms with E-state index in [2.05, 4.69) is 37.0 Å². The molecule has 1 aliphatic heterocycles. The highest BCUT2D eigenvalue weighted by atomic mass is 16.5. The normalized spacial score (nSPS) is 15.0. The Morgan fingerprint density at radius 1 is 1.29 bits per heavy atom. The van der Waals surface area contributed by atoms with Gasteiger partial charge in [0.05, 0.1) is 18.2 Å². The van der Waals surface area contributed by atoms with Gasteiger partial charge in [0.25, 0.3) is 0 Å². The molecule has 0 amide bonds. The number of benzene rings is 1. The van der Waals surface area contributed by atoms with Crippen LogP contribution >= 0.6 is 0 Å². The maximum atomic E-state index is 6.08. The average Bonchev–Trinajstić information content (AvgIpc) is 2.53. The first-order valence-corrected chi connectivity index (χ1v) is 8.00. The van der Waals surface area contributed by atoms with Gasteiger partial charge in [0.2, 0.25) is 0 Å². The van der Waals surface area contributed by atoms with E-state index in [0.29, 0.717) is 0 Å². The highest BCUT2D eigenvalue weighted by molar-refractivity contribution is 5.91. The summed E-state index contributed by atoms with van der Waals surface area (Å²) in [6.45, 7) is 5.93. The minimum Gasteiger partial charge on any atom is -0.493 e. The van der Waals surface area contributed by atoms with Crippen LogP contribution in [0.15, 0.2) is 24.4 Å². The molecule has 1 unspecified atom stereocenters. The number of unbranched alkanes of at least 4 members (excludes halogenated alkanes) is 1. The molecule has 0 saturated carbocycles. The van der Waals surface area contributed by atoms with Gasteiger partial charge in [-0.15, -0.1) is 0 Å². The SMILES string of the molecule is CCCCOC(CC)c1ccc2c3c(ccnc13)CCO2. The molecule has 3 heteroatoms. The van der Waals surface area contributed by atoms with Crippen LogP contribution in [0.5, 0.6) is 5.75 Å². The Morgan fingerprint density at radius 2 is 2.19 bits per heavy atom. The van der Waals surface area contributed by atoms with Crippen LogP contribution in [0.3, 0.4) is 0 Å². The lowest BCUT2D eigenvalue weighted by molar-refractivity contribution is 0.0489. The van der Waals surface area contributed by atoms with Crippen LogP contribution < -0.4 is 4.74 Å². The number of ether oxygens (including phenoxy) is 2. The van der Waals surface area contributed by atoms with Crippen molar-refractivity contribution in [2.75, 3.05) is 13.2 Å². The third-order valence-corrected chi connectivity index (χ3v) is 4.13. The van der Waals surface area contributed by atoms with Crippen LogP contribution in [0.25, 0.3) is 10.9 Å². The van der Waals surface area contributed by atoms with Crippen molar-refractivity contribution in [1.82, 2.24) is 4.98 Å². The zero-order valence-corrected chi connectivity index (χ0v) is 12.9. The van der Waals surface area contributed by atoms with Gasteiger partial charge < -0.3 is 9.47 Å². The summed E-state index contributed by atoms with van der Waals surface area (Å²) in [6.07, 6.45) is 6.22. The van der Waals surface area contributed by atoms with E-state index >= 15 is 0 Å². The van der Waals surface area contributed by atoms with E-state index in [9.17, 15) is 0 Å². The Balaban J connectivity index is 2.01. The Hall–Kier alpha value is -1.61. The standard InChI is InChI=1S/C18H23NO2/c1-3-5-11-20-15(4-2)14-6-7-16-17-13(9-12-21-16)8-10-19-18(14)17/h6-8,10,15H,3-5,9,11-12H2,1-2H3. The molecule has 2 aromatic rings. The summed E-state index contributed by atoms with van der Waals surface area (Å²) in [5.41, 5.74) is 3.58. The third-order valence-electron chi connectivity index (χ3n) is 4.13. The van der Waals surface area contributed by atoms with Gasteiger partial charge in [-0.05, 0) is 30.5 Å². The summed E-state index contributed by atoms with van der Waals surface area (Å²) in [7, 11) is 0. The Kier molecular flexibility index (Phi) is 4.39. The smallest absolute Gasteiger partial charge is 0.129 e. The highest BCUT2D eigenvalue weighted by Gasteiger charge is 2.20. The van der Waals surface area contributed by atoms with Crippen LogP contribution in [-0.2, 0) is 11.2 Å². The van der Waals surface area contributed by atoms with Gasteiger partial charge in [0.15, 0.2) is 0 Å². The zero-order chi connectivity index (χ0) is 14.7. The van der Waals surface area contributed by atoms with Gasteiger partial charge in [-0.25, -0.2) is 0 Å². The van der Waals surface area contributed by atoms with Crippen molar-refractivity contribution in [3.8, 4) is 5.75 Å². The van der Waals surface area contributed by atoms with Gasteiger partial charge >= 0.3 is 0 Å². The van der Waals surface area contributed by atoms with Crippen molar-refractivity contribution in [1.29, 1.82) is 0 Å². The van der Waals surface area contributed by atoms with Crippen LogP contribution in [0.2, 0.25) is 0 Å². The maximum absolute atomic E-state index is 6.08. The van der Waals surface area contributed by atoms with E-state index in [4.69, 9.17) is 9.47 Å². The fourth-order valence-electron chi connectivity index (χ4n) is 2.98. The lowest BCUT2D eigenvalue weighted by Gasteiger charge is -2.22. The summed E-state index contributed by atoms with van der Waals surface area (Å²) in [5, 5.41) is 1.18. The fourth-order valence-corrected chi connectivity index (χ4v) is 2.98. The average molecular weight is 285 g/mol. The van der Waals surface area contributed by atoms with Gasteiger partial charge in [-0.1, -0.05) is 26.3 Å².